The molecule has 0 aromatic carbocycles. The van der Waals surface area contributed by atoms with Crippen molar-refractivity contribution in [1.29, 1.82) is 0 Å². The summed E-state index contributed by atoms with van der Waals surface area (Å²) in [4.78, 5) is 0. The molecule has 0 atom stereocenters. The molecule has 25 heavy (non-hydrogen) atoms. The molecule has 0 heterocycles. The molecular weight excluding hydrogens is 456 g/mol. The molecule has 122 valence electrons. The SMILES string of the molecule is C=CC=C[C](=[V])[C](=[V])C=CC=CC[C](=[V])C=CC=[C-][C-]=CC=C[CH]=[V+2]. The van der Waals surface area contributed by atoms with Gasteiger partial charge in [-0.15, -0.1) is 0 Å². The minimum absolute atomic E-state index is 0.893. The molecule has 0 saturated heterocycles. The van der Waals surface area contributed by atoms with Gasteiger partial charge in [-0.2, -0.15) is 0 Å². The van der Waals surface area contributed by atoms with E-state index in [2.05, 4.69) is 111 Å². The van der Waals surface area contributed by atoms with Crippen LogP contribution in [0.5, 0.6) is 0 Å². The molecule has 0 radical (unpaired) electrons. The molecule has 0 aliphatic heterocycles. The quantitative estimate of drug-likeness (QED) is 0.300. The number of hydrogen-bond donors (Lipinski definition) is 0. The summed E-state index contributed by atoms with van der Waals surface area (Å²) in [6.07, 6.45) is 32.3. The molecule has 0 aromatic heterocycles. The fourth-order valence-corrected chi connectivity index (χ4v) is 2.22. The first-order chi connectivity index (χ1) is 12.1. The molecule has 0 aliphatic carbocycles. The Bertz CT molecular complexity index is 681. The van der Waals surface area contributed by atoms with Crippen LogP contribution in [0.1, 0.15) is 6.42 Å². The van der Waals surface area contributed by atoms with Crippen molar-refractivity contribution < 1.29 is 67.9 Å². The van der Waals surface area contributed by atoms with Crippen molar-refractivity contribution in [3.63, 3.8) is 0 Å². The third-order valence-corrected chi connectivity index (χ3v) is 4.86. The van der Waals surface area contributed by atoms with Crippen molar-refractivity contribution in [3.05, 3.63) is 97.7 Å². The van der Waals surface area contributed by atoms with E-state index in [1.54, 1.807) is 6.08 Å². The number of rotatable bonds is 12. The van der Waals surface area contributed by atoms with Crippen LogP contribution in [0.15, 0.2) is 85.6 Å². The van der Waals surface area contributed by atoms with Gasteiger partial charge in [0, 0.05) is 0 Å². The van der Waals surface area contributed by atoms with E-state index in [4.69, 9.17) is 0 Å². The predicted octanol–water partition coefficient (Wildman–Crippen LogP) is 3.57. The average molecular weight is 474 g/mol. The molecule has 0 aliphatic rings. The minimum atomic E-state index is 0.893. The van der Waals surface area contributed by atoms with Gasteiger partial charge in [0.1, 0.15) is 0 Å². The van der Waals surface area contributed by atoms with Gasteiger partial charge in [0.05, 0.1) is 0 Å². The second-order valence-electron chi connectivity index (χ2n) is 4.36. The van der Waals surface area contributed by atoms with Gasteiger partial charge in [0.15, 0.2) is 0 Å². The zero-order valence-corrected chi connectivity index (χ0v) is 19.4. The van der Waals surface area contributed by atoms with Crippen LogP contribution in [0.25, 0.3) is 0 Å². The molecule has 0 N–H and O–H groups in total. The second-order valence-corrected chi connectivity index (χ2v) is 7.23. The van der Waals surface area contributed by atoms with Gasteiger partial charge < -0.3 is 0 Å². The summed E-state index contributed by atoms with van der Waals surface area (Å²) in [5.41, 5.74) is 0. The summed E-state index contributed by atoms with van der Waals surface area (Å²) >= 11 is 10.1. The summed E-state index contributed by atoms with van der Waals surface area (Å²) < 4.78 is 5.44. The monoisotopic (exact) mass is 474 g/mol. The average Bonchev–Trinajstić information content (AvgIpc) is 2.61. The van der Waals surface area contributed by atoms with E-state index in [0.29, 0.717) is 0 Å². The predicted molar refractivity (Wildman–Crippen MR) is 97.2 cm³/mol. The fourth-order valence-electron chi connectivity index (χ4n) is 1.27. The third-order valence-electron chi connectivity index (χ3n) is 2.41. The molecule has 0 spiro atoms. The Morgan fingerprint density at radius 2 is 1.44 bits per heavy atom. The van der Waals surface area contributed by atoms with E-state index in [9.17, 15) is 0 Å². The first-order valence-electron chi connectivity index (χ1n) is 7.38. The van der Waals surface area contributed by atoms with E-state index in [-0.39, 0.29) is 0 Å². The molecule has 0 rings (SSSR count). The first-order valence-corrected chi connectivity index (χ1v) is 10.3. The van der Waals surface area contributed by atoms with E-state index >= 15 is 0 Å². The molecule has 0 aromatic rings. The molecule has 4 heteroatoms. The van der Waals surface area contributed by atoms with Crippen molar-refractivity contribution in [2.75, 3.05) is 0 Å². The Labute approximate surface area is 187 Å². The Morgan fingerprint density at radius 3 is 2.08 bits per heavy atom. The van der Waals surface area contributed by atoms with Crippen LogP contribution in [-0.4, -0.2) is 17.4 Å². The van der Waals surface area contributed by atoms with Crippen LogP contribution in [0.4, 0.5) is 0 Å². The van der Waals surface area contributed by atoms with E-state index < -0.39 is 0 Å². The van der Waals surface area contributed by atoms with Crippen LogP contribution < -0.4 is 0 Å². The van der Waals surface area contributed by atoms with Crippen molar-refractivity contribution >= 4 is 17.4 Å². The zero-order valence-electron chi connectivity index (χ0n) is 13.8. The zero-order chi connectivity index (χ0) is 18.8. The Morgan fingerprint density at radius 1 is 0.800 bits per heavy atom. The van der Waals surface area contributed by atoms with Crippen molar-refractivity contribution in [2.24, 2.45) is 0 Å². The summed E-state index contributed by atoms with van der Waals surface area (Å²) in [5, 5.41) is 0. The van der Waals surface area contributed by atoms with Gasteiger partial charge in [-0.05, 0) is 0 Å². The van der Waals surface area contributed by atoms with E-state index in [1.165, 1.54) is 4.23 Å². The molecule has 0 bridgehead atoms. The second kappa shape index (κ2) is 18.5. The van der Waals surface area contributed by atoms with Gasteiger partial charge in [0.2, 0.25) is 0 Å². The topological polar surface area (TPSA) is 0 Å². The molecular formula is C21H18V4. The van der Waals surface area contributed by atoms with Crippen LogP contribution in [-0.2, 0) is 67.9 Å². The summed E-state index contributed by atoms with van der Waals surface area (Å²) in [7, 11) is 0. The van der Waals surface area contributed by atoms with Crippen LogP contribution in [0.2, 0.25) is 0 Å². The Balaban J connectivity index is 4.18. The fraction of sp³-hybridized carbons (Fsp3) is 0.0476. The maximum absolute atomic E-state index is 3.67. The van der Waals surface area contributed by atoms with Gasteiger partial charge >= 0.3 is 189 Å². The van der Waals surface area contributed by atoms with Gasteiger partial charge in [-0.3, -0.25) is 0 Å². The summed E-state index contributed by atoms with van der Waals surface area (Å²) in [6.45, 7) is 3.67. The summed E-state index contributed by atoms with van der Waals surface area (Å²) in [5.74, 6) is 0. The van der Waals surface area contributed by atoms with Gasteiger partial charge in [0.25, 0.3) is 0 Å². The van der Waals surface area contributed by atoms with Crippen molar-refractivity contribution in [3.8, 4) is 0 Å². The van der Waals surface area contributed by atoms with Gasteiger partial charge in [-0.25, -0.2) is 0 Å². The maximum atomic E-state index is 3.67. The normalized spacial score (nSPS) is 12.6. The Hall–Kier alpha value is -0.262. The molecule has 0 unspecified atom stereocenters. The Kier molecular flexibility index (Phi) is 18.3. The van der Waals surface area contributed by atoms with Crippen molar-refractivity contribution in [2.45, 2.75) is 6.42 Å². The molecule has 0 fully saturated rings. The number of allylic oxidation sites excluding steroid dienone is 15. The van der Waals surface area contributed by atoms with E-state index in [0.717, 1.165) is 14.9 Å². The van der Waals surface area contributed by atoms with Crippen LogP contribution in [0.3, 0.4) is 0 Å². The molecule has 0 amide bonds. The molecule has 0 nitrogen and oxygen atoms in total. The number of hydrogen-bond acceptors (Lipinski definition) is 0. The van der Waals surface area contributed by atoms with E-state index in [1.807, 2.05) is 53.3 Å². The van der Waals surface area contributed by atoms with Crippen LogP contribution in [0, 0.1) is 12.2 Å². The van der Waals surface area contributed by atoms with Gasteiger partial charge in [-0.1, -0.05) is 0 Å². The standard InChI is InChI=1S/C21H18.4V/c1-3-5-7-9-11-13-15-17-19-21-20-18-16-14-12-10-8-6-4-2;;;;/h1,3-8,13-18,20H,2,21H2;;;;/q-2;;;;+2. The molecule has 0 saturated carbocycles. The summed E-state index contributed by atoms with van der Waals surface area (Å²) in [6, 6.07) is 0. The third kappa shape index (κ3) is 16.9. The van der Waals surface area contributed by atoms with Crippen LogP contribution >= 0.6 is 0 Å². The first kappa shape index (κ1) is 24.7. The van der Waals surface area contributed by atoms with Crippen molar-refractivity contribution in [1.82, 2.24) is 0 Å².